The second kappa shape index (κ2) is 9.65. The summed E-state index contributed by atoms with van der Waals surface area (Å²) in [4.78, 5) is 23.1. The van der Waals surface area contributed by atoms with Crippen molar-refractivity contribution in [2.75, 3.05) is 31.2 Å². The molecule has 0 bridgehead atoms. The van der Waals surface area contributed by atoms with E-state index in [-0.39, 0.29) is 35.0 Å². The number of carbonyl (C=O) groups is 1. The van der Waals surface area contributed by atoms with Gasteiger partial charge in [0.1, 0.15) is 17.4 Å². The van der Waals surface area contributed by atoms with Gasteiger partial charge < -0.3 is 25.2 Å². The van der Waals surface area contributed by atoms with Crippen LogP contribution in [-0.4, -0.2) is 58.6 Å². The Morgan fingerprint density at radius 3 is 2.83 bits per heavy atom. The van der Waals surface area contributed by atoms with Gasteiger partial charge in [-0.15, -0.1) is 0 Å². The number of amides is 1. The molecule has 184 valence electrons. The van der Waals surface area contributed by atoms with Crippen molar-refractivity contribution in [2.24, 2.45) is 11.8 Å². The number of anilines is 1. The highest BCUT2D eigenvalue weighted by Gasteiger charge is 2.36. The molecular weight excluding hydrogens is 451 g/mol. The third-order valence-corrected chi connectivity index (χ3v) is 7.08. The van der Waals surface area contributed by atoms with Crippen molar-refractivity contribution in [3.05, 3.63) is 47.8 Å². The number of piperidine rings is 1. The highest BCUT2D eigenvalue weighted by atomic mass is 19.1. The number of phenols is 1. The van der Waals surface area contributed by atoms with Crippen LogP contribution in [0.1, 0.15) is 24.8 Å². The number of aryl methyl sites for hydroxylation is 1. The number of hydrogen-bond donors (Lipinski definition) is 3. The lowest BCUT2D eigenvalue weighted by molar-refractivity contribution is 0.147. The molecule has 3 heterocycles. The summed E-state index contributed by atoms with van der Waals surface area (Å²) < 4.78 is 20.3. The fourth-order valence-electron chi connectivity index (χ4n) is 5.40. The molecule has 0 radical (unpaired) electrons. The Kier molecular flexibility index (Phi) is 6.42. The standard InChI is InChI=1S/C26H29FN4O4/c1-15-7-8-18-20(12-15)28-24(22-19(27)5-2-6-21(22)32)30-25(18)31-10-3-4-16(13-31)23(29-26(33)34)17-9-11-35-14-17/h2,5-8,12,16-17,23,29,32H,3-4,9-11,13-14H2,1H3,(H,33,34)/t16?,17-,23+/m1/s1. The maximum atomic E-state index is 14.7. The van der Waals surface area contributed by atoms with Crippen molar-refractivity contribution >= 4 is 22.8 Å². The number of halogens is 1. The number of ether oxygens (including phenoxy) is 1. The first-order valence-corrected chi connectivity index (χ1v) is 12.0. The minimum Gasteiger partial charge on any atom is -0.507 e. The van der Waals surface area contributed by atoms with E-state index >= 15 is 0 Å². The number of phenolic OH excluding ortho intramolecular Hbond substituents is 1. The summed E-state index contributed by atoms with van der Waals surface area (Å²) in [6, 6.07) is 9.80. The van der Waals surface area contributed by atoms with Crippen molar-refractivity contribution in [3.63, 3.8) is 0 Å². The summed E-state index contributed by atoms with van der Waals surface area (Å²) in [5, 5.41) is 23.5. The van der Waals surface area contributed by atoms with E-state index in [4.69, 9.17) is 9.72 Å². The molecule has 1 aromatic heterocycles. The molecule has 1 unspecified atom stereocenters. The molecular formula is C26H29FN4O4. The molecule has 0 aliphatic carbocycles. The average Bonchev–Trinajstić information content (AvgIpc) is 3.36. The van der Waals surface area contributed by atoms with Crippen molar-refractivity contribution in [1.82, 2.24) is 15.3 Å². The number of hydrogen-bond acceptors (Lipinski definition) is 6. The molecule has 0 spiro atoms. The van der Waals surface area contributed by atoms with Crippen LogP contribution in [0, 0.1) is 24.6 Å². The summed E-state index contributed by atoms with van der Waals surface area (Å²) in [6.07, 6.45) is 1.56. The van der Waals surface area contributed by atoms with E-state index in [1.165, 1.54) is 18.2 Å². The van der Waals surface area contributed by atoms with Crippen molar-refractivity contribution < 1.29 is 24.1 Å². The fourth-order valence-corrected chi connectivity index (χ4v) is 5.40. The van der Waals surface area contributed by atoms with Crippen LogP contribution in [0.3, 0.4) is 0 Å². The maximum Gasteiger partial charge on any atom is 0.404 e. The first-order chi connectivity index (χ1) is 16.9. The number of aromatic hydroxyl groups is 1. The first kappa shape index (κ1) is 23.3. The van der Waals surface area contributed by atoms with Gasteiger partial charge in [-0.05, 0) is 61.9 Å². The molecule has 2 aromatic carbocycles. The normalized spacial score (nSPS) is 21.3. The molecule has 5 rings (SSSR count). The first-order valence-electron chi connectivity index (χ1n) is 12.0. The van der Waals surface area contributed by atoms with Gasteiger partial charge in [-0.1, -0.05) is 12.1 Å². The molecule has 35 heavy (non-hydrogen) atoms. The van der Waals surface area contributed by atoms with Crippen LogP contribution in [0.15, 0.2) is 36.4 Å². The van der Waals surface area contributed by atoms with Crippen LogP contribution in [0.25, 0.3) is 22.3 Å². The highest BCUT2D eigenvalue weighted by Crippen LogP contribution is 2.36. The van der Waals surface area contributed by atoms with Crippen LogP contribution < -0.4 is 10.2 Å². The Labute approximate surface area is 202 Å². The van der Waals surface area contributed by atoms with E-state index in [9.17, 15) is 19.4 Å². The van der Waals surface area contributed by atoms with Gasteiger partial charge in [0.2, 0.25) is 0 Å². The molecule has 3 N–H and O–H groups in total. The van der Waals surface area contributed by atoms with E-state index in [1.807, 2.05) is 25.1 Å². The minimum absolute atomic E-state index is 0.0285. The number of benzene rings is 2. The quantitative estimate of drug-likeness (QED) is 0.499. The molecule has 9 heteroatoms. The van der Waals surface area contributed by atoms with Gasteiger partial charge in [-0.3, -0.25) is 0 Å². The van der Waals surface area contributed by atoms with Gasteiger partial charge in [-0.2, -0.15) is 0 Å². The van der Waals surface area contributed by atoms with E-state index < -0.39 is 11.9 Å². The Balaban J connectivity index is 1.56. The molecule has 0 saturated carbocycles. The molecule has 3 aromatic rings. The van der Waals surface area contributed by atoms with E-state index in [2.05, 4.69) is 15.2 Å². The molecule has 2 fully saturated rings. The smallest absolute Gasteiger partial charge is 0.404 e. The predicted molar refractivity (Wildman–Crippen MR) is 130 cm³/mol. The largest absolute Gasteiger partial charge is 0.507 e. The second-order valence-corrected chi connectivity index (χ2v) is 9.47. The maximum absolute atomic E-state index is 14.7. The lowest BCUT2D eigenvalue weighted by atomic mass is 9.82. The number of fused-ring (bicyclic) bond motifs is 1. The van der Waals surface area contributed by atoms with Gasteiger partial charge >= 0.3 is 6.09 Å². The Hall–Kier alpha value is -3.46. The van der Waals surface area contributed by atoms with Gasteiger partial charge in [0.25, 0.3) is 0 Å². The summed E-state index contributed by atoms with van der Waals surface area (Å²) in [5.41, 5.74) is 1.65. The number of aromatic nitrogens is 2. The number of nitrogens with zero attached hydrogens (tertiary/aromatic N) is 3. The van der Waals surface area contributed by atoms with Crippen LogP contribution in [-0.2, 0) is 4.74 Å². The van der Waals surface area contributed by atoms with Crippen LogP contribution >= 0.6 is 0 Å². The Morgan fingerprint density at radius 2 is 2.09 bits per heavy atom. The Morgan fingerprint density at radius 1 is 1.23 bits per heavy atom. The summed E-state index contributed by atoms with van der Waals surface area (Å²) in [6.45, 7) is 4.49. The zero-order chi connectivity index (χ0) is 24.5. The Bertz CT molecular complexity index is 1230. The number of carboxylic acid groups (broad SMARTS) is 1. The predicted octanol–water partition coefficient (Wildman–Crippen LogP) is 4.34. The lowest BCUT2D eigenvalue weighted by Crippen LogP contribution is -2.51. The van der Waals surface area contributed by atoms with Crippen molar-refractivity contribution in [1.29, 1.82) is 0 Å². The minimum atomic E-state index is -1.03. The van der Waals surface area contributed by atoms with Gasteiger partial charge in [-0.25, -0.2) is 19.2 Å². The molecule has 2 aliphatic rings. The van der Waals surface area contributed by atoms with Crippen LogP contribution in [0.5, 0.6) is 5.75 Å². The summed E-state index contributed by atoms with van der Waals surface area (Å²) in [7, 11) is 0. The van der Waals surface area contributed by atoms with E-state index in [0.717, 1.165) is 36.8 Å². The monoisotopic (exact) mass is 480 g/mol. The molecule has 3 atom stereocenters. The summed E-state index contributed by atoms with van der Waals surface area (Å²) in [5.74, 6) is 0.186. The second-order valence-electron chi connectivity index (χ2n) is 9.47. The van der Waals surface area contributed by atoms with Crippen molar-refractivity contribution in [3.8, 4) is 17.1 Å². The molecule has 2 aliphatic heterocycles. The lowest BCUT2D eigenvalue weighted by Gasteiger charge is -2.39. The van der Waals surface area contributed by atoms with Gasteiger partial charge in [0.05, 0.1) is 17.7 Å². The molecule has 1 amide bonds. The van der Waals surface area contributed by atoms with Crippen LogP contribution in [0.4, 0.5) is 15.0 Å². The molecule has 2 saturated heterocycles. The third kappa shape index (κ3) is 4.73. The fraction of sp³-hybridized carbons (Fsp3) is 0.423. The van der Waals surface area contributed by atoms with E-state index in [0.29, 0.717) is 31.1 Å². The zero-order valence-corrected chi connectivity index (χ0v) is 19.6. The van der Waals surface area contributed by atoms with Crippen LogP contribution in [0.2, 0.25) is 0 Å². The topological polar surface area (TPSA) is 108 Å². The molecule has 8 nitrogen and oxygen atoms in total. The van der Waals surface area contributed by atoms with E-state index in [1.54, 1.807) is 0 Å². The SMILES string of the molecule is Cc1ccc2c(N3CCCC([C@H](NC(=O)O)[C@@H]4CCOC4)C3)nc(-c3c(O)cccc3F)nc2c1. The zero-order valence-electron chi connectivity index (χ0n) is 19.6. The third-order valence-electron chi connectivity index (χ3n) is 7.08. The van der Waals surface area contributed by atoms with Gasteiger partial charge in [0.15, 0.2) is 5.82 Å². The number of nitrogens with one attached hydrogen (secondary N) is 1. The highest BCUT2D eigenvalue weighted by molar-refractivity contribution is 5.92. The number of rotatable bonds is 5. The summed E-state index contributed by atoms with van der Waals surface area (Å²) >= 11 is 0. The van der Waals surface area contributed by atoms with Crippen molar-refractivity contribution in [2.45, 2.75) is 32.2 Å². The van der Waals surface area contributed by atoms with Gasteiger partial charge in [0, 0.05) is 37.0 Å². The average molecular weight is 481 g/mol.